The number of nitro groups is 1. The minimum Gasteiger partial charge on any atom is -0.480 e. The van der Waals surface area contributed by atoms with Gasteiger partial charge in [-0.2, -0.15) is 0 Å². The third-order valence-corrected chi connectivity index (χ3v) is 2.86. The van der Waals surface area contributed by atoms with Gasteiger partial charge >= 0.3 is 5.97 Å². The lowest BCUT2D eigenvalue weighted by atomic mass is 10.0. The van der Waals surface area contributed by atoms with E-state index in [0.29, 0.717) is 12.0 Å². The highest BCUT2D eigenvalue weighted by Gasteiger charge is 2.26. The van der Waals surface area contributed by atoms with E-state index >= 15 is 0 Å². The molecule has 1 rings (SSSR count). The van der Waals surface area contributed by atoms with E-state index in [1.807, 2.05) is 0 Å². The van der Waals surface area contributed by atoms with Gasteiger partial charge in [-0.3, -0.25) is 14.9 Å². The number of carbonyl (C=O) groups is 2. The molecule has 0 aromatic heterocycles. The number of aliphatic carboxylic acids is 1. The van der Waals surface area contributed by atoms with E-state index in [-0.39, 0.29) is 17.7 Å². The molecule has 0 unspecified atom stereocenters. The number of carbonyl (C=O) groups excluding carboxylic acids is 1. The lowest BCUT2D eigenvalue weighted by Gasteiger charge is -2.14. The average Bonchev–Trinajstić information content (AvgIpc) is 2.37. The van der Waals surface area contributed by atoms with Gasteiger partial charge in [0.25, 0.3) is 11.6 Å². The minimum absolute atomic E-state index is 0.0974. The summed E-state index contributed by atoms with van der Waals surface area (Å²) in [5.41, 5.74) is 0.000303. The summed E-state index contributed by atoms with van der Waals surface area (Å²) in [5.74, 6) is -1.90. The molecule has 0 aliphatic carbocycles. The fourth-order valence-electron chi connectivity index (χ4n) is 1.88. The van der Waals surface area contributed by atoms with Crippen LogP contribution < -0.4 is 5.32 Å². The van der Waals surface area contributed by atoms with Crippen LogP contribution in [0.5, 0.6) is 0 Å². The summed E-state index contributed by atoms with van der Waals surface area (Å²) in [4.78, 5) is 33.4. The maximum Gasteiger partial charge on any atom is 0.326 e. The van der Waals surface area contributed by atoms with Crippen molar-refractivity contribution in [2.75, 3.05) is 0 Å². The van der Waals surface area contributed by atoms with E-state index in [9.17, 15) is 19.7 Å². The SMILES string of the molecule is CCC[C@H](NC(=O)c1c(C)cccc1[N+](=O)[O-])C(=O)O. The Morgan fingerprint density at radius 3 is 2.60 bits per heavy atom. The first-order valence-electron chi connectivity index (χ1n) is 6.16. The van der Waals surface area contributed by atoms with E-state index in [1.54, 1.807) is 19.9 Å². The number of hydrogen-bond acceptors (Lipinski definition) is 4. The second-order valence-corrected chi connectivity index (χ2v) is 4.38. The molecule has 0 heterocycles. The molecule has 1 aromatic rings. The van der Waals surface area contributed by atoms with Crippen LogP contribution in [0.4, 0.5) is 5.69 Å². The molecule has 0 aliphatic heterocycles. The van der Waals surface area contributed by atoms with Crippen molar-refractivity contribution in [1.82, 2.24) is 5.32 Å². The quantitative estimate of drug-likeness (QED) is 0.610. The predicted octanol–water partition coefficient (Wildman–Crippen LogP) is 1.89. The van der Waals surface area contributed by atoms with E-state index in [2.05, 4.69) is 5.32 Å². The standard InChI is InChI=1S/C13H16N2O5/c1-3-5-9(13(17)18)14-12(16)11-8(2)6-4-7-10(11)15(19)20/h4,6-7,9H,3,5H2,1-2H3,(H,14,16)(H,17,18)/t9-/m0/s1. The fourth-order valence-corrected chi connectivity index (χ4v) is 1.88. The number of hydrogen-bond donors (Lipinski definition) is 2. The van der Waals surface area contributed by atoms with Crippen LogP contribution in [0.25, 0.3) is 0 Å². The largest absolute Gasteiger partial charge is 0.480 e. The molecule has 0 radical (unpaired) electrons. The molecule has 20 heavy (non-hydrogen) atoms. The van der Waals surface area contributed by atoms with Crippen molar-refractivity contribution in [3.05, 3.63) is 39.4 Å². The molecule has 7 nitrogen and oxygen atoms in total. The normalized spacial score (nSPS) is 11.7. The zero-order valence-electron chi connectivity index (χ0n) is 11.3. The van der Waals surface area contributed by atoms with Crippen molar-refractivity contribution in [2.45, 2.75) is 32.7 Å². The van der Waals surface area contributed by atoms with Gasteiger partial charge in [0.1, 0.15) is 11.6 Å². The Kier molecular flexibility index (Phi) is 5.19. The molecule has 0 bridgehead atoms. The van der Waals surface area contributed by atoms with Crippen molar-refractivity contribution >= 4 is 17.6 Å². The van der Waals surface area contributed by atoms with Crippen LogP contribution >= 0.6 is 0 Å². The van der Waals surface area contributed by atoms with Gasteiger partial charge in [-0.25, -0.2) is 4.79 Å². The first-order valence-corrected chi connectivity index (χ1v) is 6.16. The van der Waals surface area contributed by atoms with E-state index in [0.717, 1.165) is 0 Å². The van der Waals surface area contributed by atoms with Gasteiger partial charge < -0.3 is 10.4 Å². The van der Waals surface area contributed by atoms with Gasteiger partial charge in [-0.1, -0.05) is 25.5 Å². The number of carboxylic acids is 1. The lowest BCUT2D eigenvalue weighted by Crippen LogP contribution is -2.41. The fraction of sp³-hybridized carbons (Fsp3) is 0.385. The molecule has 0 fully saturated rings. The van der Waals surface area contributed by atoms with Crippen molar-refractivity contribution in [2.24, 2.45) is 0 Å². The van der Waals surface area contributed by atoms with Crippen molar-refractivity contribution in [3.8, 4) is 0 Å². The molecule has 1 amide bonds. The number of nitrogens with zero attached hydrogens (tertiary/aromatic N) is 1. The number of nitro benzene ring substituents is 1. The second-order valence-electron chi connectivity index (χ2n) is 4.38. The van der Waals surface area contributed by atoms with Crippen molar-refractivity contribution in [1.29, 1.82) is 0 Å². The van der Waals surface area contributed by atoms with E-state index in [1.165, 1.54) is 12.1 Å². The van der Waals surface area contributed by atoms with Crippen LogP contribution in [-0.4, -0.2) is 27.9 Å². The van der Waals surface area contributed by atoms with Crippen LogP contribution in [0, 0.1) is 17.0 Å². The number of rotatable bonds is 6. The summed E-state index contributed by atoms with van der Waals surface area (Å²) in [6, 6.07) is 3.21. The molecule has 1 atom stereocenters. The molecule has 0 spiro atoms. The zero-order valence-corrected chi connectivity index (χ0v) is 11.3. The third-order valence-electron chi connectivity index (χ3n) is 2.86. The lowest BCUT2D eigenvalue weighted by molar-refractivity contribution is -0.385. The van der Waals surface area contributed by atoms with Crippen molar-refractivity contribution in [3.63, 3.8) is 0 Å². The predicted molar refractivity (Wildman–Crippen MR) is 71.6 cm³/mol. The summed E-state index contributed by atoms with van der Waals surface area (Å²) >= 11 is 0. The van der Waals surface area contributed by atoms with Crippen LogP contribution in [0.1, 0.15) is 35.7 Å². The van der Waals surface area contributed by atoms with E-state index < -0.39 is 22.8 Å². The summed E-state index contributed by atoms with van der Waals surface area (Å²) in [6.07, 6.45) is 0.841. The van der Waals surface area contributed by atoms with Crippen LogP contribution in [-0.2, 0) is 4.79 Å². The van der Waals surface area contributed by atoms with Gasteiger partial charge in [0, 0.05) is 6.07 Å². The molecule has 0 aliphatic rings. The molecule has 7 heteroatoms. The number of nitrogens with one attached hydrogen (secondary N) is 1. The van der Waals surface area contributed by atoms with Gasteiger partial charge in [0.15, 0.2) is 0 Å². The Bertz CT molecular complexity index is 542. The highest BCUT2D eigenvalue weighted by atomic mass is 16.6. The first kappa shape index (κ1) is 15.6. The summed E-state index contributed by atoms with van der Waals surface area (Å²) < 4.78 is 0. The van der Waals surface area contributed by atoms with Crippen molar-refractivity contribution < 1.29 is 19.6 Å². The summed E-state index contributed by atoms with van der Waals surface area (Å²) in [5, 5.41) is 22.3. The first-order chi connectivity index (χ1) is 9.38. The van der Waals surface area contributed by atoms with Crippen LogP contribution in [0.15, 0.2) is 18.2 Å². The number of aryl methyl sites for hydroxylation is 1. The van der Waals surface area contributed by atoms with Gasteiger partial charge in [0.2, 0.25) is 0 Å². The number of benzene rings is 1. The Morgan fingerprint density at radius 1 is 1.45 bits per heavy atom. The smallest absolute Gasteiger partial charge is 0.326 e. The van der Waals surface area contributed by atoms with Gasteiger partial charge in [0.05, 0.1) is 4.92 Å². The molecular weight excluding hydrogens is 264 g/mol. The highest BCUT2D eigenvalue weighted by Crippen LogP contribution is 2.21. The topological polar surface area (TPSA) is 110 Å². The Morgan fingerprint density at radius 2 is 2.10 bits per heavy atom. The number of amides is 1. The van der Waals surface area contributed by atoms with Crippen LogP contribution in [0.2, 0.25) is 0 Å². The van der Waals surface area contributed by atoms with E-state index in [4.69, 9.17) is 5.11 Å². The molecule has 108 valence electrons. The Labute approximate surface area is 115 Å². The van der Waals surface area contributed by atoms with Gasteiger partial charge in [-0.15, -0.1) is 0 Å². The second kappa shape index (κ2) is 6.65. The monoisotopic (exact) mass is 280 g/mol. The highest BCUT2D eigenvalue weighted by molar-refractivity contribution is 6.01. The van der Waals surface area contributed by atoms with Gasteiger partial charge in [-0.05, 0) is 18.9 Å². The van der Waals surface area contributed by atoms with Crippen LogP contribution in [0.3, 0.4) is 0 Å². The average molecular weight is 280 g/mol. The molecule has 2 N–H and O–H groups in total. The maximum absolute atomic E-state index is 12.1. The third kappa shape index (κ3) is 3.53. The Balaban J connectivity index is 3.09. The molecule has 0 saturated heterocycles. The Hall–Kier alpha value is -2.44. The molecule has 1 aromatic carbocycles. The summed E-state index contributed by atoms with van der Waals surface area (Å²) in [7, 11) is 0. The minimum atomic E-state index is -1.16. The zero-order chi connectivity index (χ0) is 15.3. The molecular formula is C13H16N2O5. The maximum atomic E-state index is 12.1. The summed E-state index contributed by atoms with van der Waals surface area (Å²) in [6.45, 7) is 3.36. The molecule has 0 saturated carbocycles. The number of carboxylic acid groups (broad SMARTS) is 1.